The summed E-state index contributed by atoms with van der Waals surface area (Å²) in [6.07, 6.45) is 0. The quantitative estimate of drug-likeness (QED) is 0.349. The van der Waals surface area contributed by atoms with E-state index in [4.69, 9.17) is 19.0 Å². The first-order valence-corrected chi connectivity index (χ1v) is 5.74. The normalized spacial score (nSPS) is 10.0. The Kier molecular flexibility index (Phi) is 11.6. The number of rotatable bonds is 1. The van der Waals surface area contributed by atoms with Crippen molar-refractivity contribution >= 4 is 17.0 Å². The second-order valence-corrected chi connectivity index (χ2v) is 3.51. The number of nitrogens with two attached hydrogens (primary N) is 1. The van der Waals surface area contributed by atoms with Gasteiger partial charge >= 0.3 is 20.4 Å². The zero-order chi connectivity index (χ0) is 12.7. The average Bonchev–Trinajstić information content (AvgIpc) is 2.30. The summed E-state index contributed by atoms with van der Waals surface area (Å²) in [5, 5.41) is 0. The van der Waals surface area contributed by atoms with Crippen molar-refractivity contribution in [1.29, 1.82) is 0 Å². The van der Waals surface area contributed by atoms with E-state index in [9.17, 15) is 0 Å². The Morgan fingerprint density at radius 3 is 2.16 bits per heavy atom. The van der Waals surface area contributed by atoms with Crippen molar-refractivity contribution in [2.24, 2.45) is 0 Å². The Morgan fingerprint density at radius 1 is 1.16 bits per heavy atom. The van der Waals surface area contributed by atoms with E-state index in [-0.39, 0.29) is 27.8 Å². The third-order valence-electron chi connectivity index (χ3n) is 1.96. The van der Waals surface area contributed by atoms with Crippen LogP contribution in [0.3, 0.4) is 0 Å². The molecule has 0 bridgehead atoms. The fourth-order valence-corrected chi connectivity index (χ4v) is 1.30. The molecule has 0 heterocycles. The number of hydrogen-bond acceptors (Lipinski definition) is 3. The van der Waals surface area contributed by atoms with Crippen molar-refractivity contribution in [3.05, 3.63) is 62.0 Å². The van der Waals surface area contributed by atoms with Gasteiger partial charge in [0.25, 0.3) is 0 Å². The zero-order valence-electron chi connectivity index (χ0n) is 10.2. The summed E-state index contributed by atoms with van der Waals surface area (Å²) in [5.41, 5.74) is 8.72. The number of hydrogen-bond donors (Lipinski definition) is 2. The van der Waals surface area contributed by atoms with Gasteiger partial charge in [-0.1, -0.05) is 23.8 Å². The molecule has 0 amide bonds. The molecule has 1 unspecified atom stereocenters. The van der Waals surface area contributed by atoms with Gasteiger partial charge in [0.2, 0.25) is 0 Å². The van der Waals surface area contributed by atoms with E-state index in [0.29, 0.717) is 0 Å². The van der Waals surface area contributed by atoms with Crippen LogP contribution in [0.25, 0.3) is 11.1 Å². The molecular weight excluding hydrogens is 357 g/mol. The molecule has 0 aliphatic carbocycles. The molecule has 1 atom stereocenters. The summed E-state index contributed by atoms with van der Waals surface area (Å²) in [7, 11) is 0. The third kappa shape index (κ3) is 7.88. The summed E-state index contributed by atoms with van der Waals surface area (Å²) in [4.78, 5) is 0. The number of benzene rings is 2. The van der Waals surface area contributed by atoms with Crippen molar-refractivity contribution in [2.75, 3.05) is 5.73 Å². The molecule has 106 valence electrons. The molecule has 19 heavy (non-hydrogen) atoms. The molecule has 6 heteroatoms. The van der Waals surface area contributed by atoms with Crippen LogP contribution in [-0.2, 0) is 31.8 Å². The second-order valence-electron chi connectivity index (χ2n) is 3.08. The second kappa shape index (κ2) is 10.9. The van der Waals surface area contributed by atoms with Crippen LogP contribution in [0.1, 0.15) is 0 Å². The van der Waals surface area contributed by atoms with E-state index >= 15 is 0 Å². The van der Waals surface area contributed by atoms with Crippen molar-refractivity contribution in [1.82, 2.24) is 0 Å². The first-order valence-electron chi connectivity index (χ1n) is 4.71. The minimum Gasteiger partial charge on any atom is -0.750 e. The third-order valence-corrected chi connectivity index (χ3v) is 1.96. The maximum Gasteiger partial charge on any atom is 2.00 e. The molecule has 3 N–H and O–H groups in total. The molecule has 0 fully saturated rings. The summed E-state index contributed by atoms with van der Waals surface area (Å²) in [5.74, 6) is 0. The SMILES string of the molecule is Nc1ccccc1-c1[c-]cccc1.O=S([O-])O.[CH3-].[Pd+2]. The molecule has 0 aromatic heterocycles. The molecule has 2 aromatic carbocycles. The summed E-state index contributed by atoms with van der Waals surface area (Å²) in [6.45, 7) is 0. The monoisotopic (exact) mass is 370 g/mol. The van der Waals surface area contributed by atoms with Crippen LogP contribution in [0.4, 0.5) is 5.69 Å². The van der Waals surface area contributed by atoms with Gasteiger partial charge in [-0.3, -0.25) is 0 Å². The van der Waals surface area contributed by atoms with E-state index in [1.165, 1.54) is 0 Å². The predicted octanol–water partition coefficient (Wildman–Crippen LogP) is 2.52. The first-order chi connectivity index (χ1) is 8.11. The van der Waals surface area contributed by atoms with Crippen LogP contribution in [0.2, 0.25) is 0 Å². The topological polar surface area (TPSA) is 86.4 Å². The van der Waals surface area contributed by atoms with Crippen molar-refractivity contribution in [3.8, 4) is 11.1 Å². The van der Waals surface area contributed by atoms with Crippen LogP contribution < -0.4 is 5.73 Å². The van der Waals surface area contributed by atoms with Gasteiger partial charge in [0.15, 0.2) is 0 Å². The maximum atomic E-state index is 8.56. The molecule has 2 rings (SSSR count). The van der Waals surface area contributed by atoms with Crippen LogP contribution >= 0.6 is 0 Å². The van der Waals surface area contributed by atoms with E-state index in [0.717, 1.165) is 16.8 Å². The minimum absolute atomic E-state index is 0. The number of nitrogen functional groups attached to an aromatic ring is 1. The van der Waals surface area contributed by atoms with Gasteiger partial charge in [0.05, 0.1) is 11.4 Å². The average molecular weight is 371 g/mol. The van der Waals surface area contributed by atoms with Gasteiger partial charge in [-0.25, -0.2) is 4.21 Å². The van der Waals surface area contributed by atoms with Crippen molar-refractivity contribution < 1.29 is 33.7 Å². The molecule has 0 spiro atoms. The molecule has 4 nitrogen and oxygen atoms in total. The Morgan fingerprint density at radius 2 is 1.68 bits per heavy atom. The molecular formula is C13H14NO3PdS-. The summed E-state index contributed by atoms with van der Waals surface area (Å²) < 4.78 is 24.1. The number of anilines is 1. The van der Waals surface area contributed by atoms with Gasteiger partial charge < -0.3 is 22.3 Å². The van der Waals surface area contributed by atoms with Gasteiger partial charge in [-0.05, 0) is 11.8 Å². The molecule has 0 aliphatic rings. The molecule has 2 aromatic rings. The van der Waals surface area contributed by atoms with Crippen LogP contribution in [0.5, 0.6) is 0 Å². The van der Waals surface area contributed by atoms with Gasteiger partial charge in [-0.15, -0.1) is 35.9 Å². The van der Waals surface area contributed by atoms with Crippen molar-refractivity contribution in [3.63, 3.8) is 0 Å². The molecule has 0 radical (unpaired) electrons. The van der Waals surface area contributed by atoms with E-state index in [1.807, 2.05) is 48.5 Å². The molecule has 0 aliphatic heterocycles. The van der Waals surface area contributed by atoms with E-state index in [1.54, 1.807) is 0 Å². The Labute approximate surface area is 129 Å². The Hall–Kier alpha value is -1.03. The smallest absolute Gasteiger partial charge is 0.750 e. The fourth-order valence-electron chi connectivity index (χ4n) is 1.30. The first kappa shape index (κ1) is 20.3. The summed E-state index contributed by atoms with van der Waals surface area (Å²) in [6, 6.07) is 18.8. The maximum absolute atomic E-state index is 8.56. The minimum atomic E-state index is -2.86. The predicted molar refractivity (Wildman–Crippen MR) is 73.1 cm³/mol. The van der Waals surface area contributed by atoms with Gasteiger partial charge in [-0.2, -0.15) is 0 Å². The van der Waals surface area contributed by atoms with Crippen molar-refractivity contribution in [2.45, 2.75) is 0 Å². The van der Waals surface area contributed by atoms with E-state index in [2.05, 4.69) is 6.07 Å². The fraction of sp³-hybridized carbons (Fsp3) is 0. The molecule has 0 saturated heterocycles. The largest absolute Gasteiger partial charge is 2.00 e. The van der Waals surface area contributed by atoms with E-state index < -0.39 is 11.4 Å². The zero-order valence-corrected chi connectivity index (χ0v) is 12.6. The van der Waals surface area contributed by atoms with Gasteiger partial charge in [0.1, 0.15) is 0 Å². The standard InChI is InChI=1S/C12H10N.CH3.H2O3S.Pd/c13-12-9-5-4-8-11(12)10-6-2-1-3-7-10;;1-4(2)3;/h1-6,8-9H,13H2;1H3;(H2,1,2,3);/q2*-1;;+2/p-1. The number of para-hydroxylation sites is 1. The molecule has 0 saturated carbocycles. The van der Waals surface area contributed by atoms with Crippen LogP contribution in [-0.4, -0.2) is 13.3 Å². The summed E-state index contributed by atoms with van der Waals surface area (Å²) >= 11 is -2.86. The van der Waals surface area contributed by atoms with Crippen LogP contribution in [0, 0.1) is 13.5 Å². The Bertz CT molecular complexity index is 490. The van der Waals surface area contributed by atoms with Gasteiger partial charge in [0, 0.05) is 0 Å². The van der Waals surface area contributed by atoms with Crippen LogP contribution in [0.15, 0.2) is 48.5 Å². The Balaban J connectivity index is 0.